The van der Waals surface area contributed by atoms with E-state index in [4.69, 9.17) is 9.94 Å². The summed E-state index contributed by atoms with van der Waals surface area (Å²) in [4.78, 5) is 15.4. The van der Waals surface area contributed by atoms with Gasteiger partial charge in [-0.3, -0.25) is 4.79 Å². The van der Waals surface area contributed by atoms with Gasteiger partial charge in [-0.25, -0.2) is 0 Å². The SMILES string of the molecule is CCCCC(O)C#CC1C(O)CC2C(=NOCCC(=O)O)CC21. The first kappa shape index (κ1) is 17.8. The fourth-order valence-corrected chi connectivity index (χ4v) is 3.23. The summed E-state index contributed by atoms with van der Waals surface area (Å²) in [5, 5.41) is 32.5. The number of nitrogens with zero attached hydrogens (tertiary/aromatic N) is 1. The molecule has 0 radical (unpaired) electrons. The lowest BCUT2D eigenvalue weighted by Gasteiger charge is -2.33. The van der Waals surface area contributed by atoms with Gasteiger partial charge in [-0.05, 0) is 25.2 Å². The van der Waals surface area contributed by atoms with E-state index in [1.807, 2.05) is 0 Å². The molecule has 0 aromatic heterocycles. The molecule has 2 fully saturated rings. The molecule has 0 spiro atoms. The summed E-state index contributed by atoms with van der Waals surface area (Å²) in [6.45, 7) is 2.13. The quantitative estimate of drug-likeness (QED) is 0.374. The Balaban J connectivity index is 1.83. The van der Waals surface area contributed by atoms with Gasteiger partial charge in [0.2, 0.25) is 0 Å². The first-order valence-corrected chi connectivity index (χ1v) is 8.30. The average Bonchev–Trinajstić information content (AvgIpc) is 2.74. The highest BCUT2D eigenvalue weighted by Crippen LogP contribution is 2.48. The second-order valence-electron chi connectivity index (χ2n) is 6.31. The van der Waals surface area contributed by atoms with Crippen LogP contribution in [0.2, 0.25) is 0 Å². The van der Waals surface area contributed by atoms with Crippen LogP contribution in [0.5, 0.6) is 0 Å². The van der Waals surface area contributed by atoms with Crippen LogP contribution in [-0.4, -0.2) is 45.8 Å². The minimum Gasteiger partial charge on any atom is -0.481 e. The summed E-state index contributed by atoms with van der Waals surface area (Å²) in [7, 11) is 0. The van der Waals surface area contributed by atoms with Crippen LogP contribution in [0.3, 0.4) is 0 Å². The maximum Gasteiger partial charge on any atom is 0.306 e. The number of unbranched alkanes of at least 4 members (excludes halogenated alkanes) is 1. The van der Waals surface area contributed by atoms with E-state index < -0.39 is 18.2 Å². The molecule has 0 aliphatic heterocycles. The molecule has 0 heterocycles. The maximum atomic E-state index is 10.4. The fraction of sp³-hybridized carbons (Fsp3) is 0.765. The van der Waals surface area contributed by atoms with Gasteiger partial charge >= 0.3 is 5.97 Å². The Morgan fingerprint density at radius 3 is 3.00 bits per heavy atom. The number of hydrogen-bond donors (Lipinski definition) is 3. The third-order valence-corrected chi connectivity index (χ3v) is 4.60. The highest BCUT2D eigenvalue weighted by atomic mass is 16.6. The molecular formula is C17H25NO5. The van der Waals surface area contributed by atoms with Crippen molar-refractivity contribution < 1.29 is 25.0 Å². The van der Waals surface area contributed by atoms with Gasteiger partial charge in [-0.1, -0.05) is 36.8 Å². The van der Waals surface area contributed by atoms with Crippen LogP contribution in [0, 0.1) is 29.6 Å². The van der Waals surface area contributed by atoms with Crippen molar-refractivity contribution in [3.8, 4) is 11.8 Å². The zero-order valence-corrected chi connectivity index (χ0v) is 13.4. The van der Waals surface area contributed by atoms with Crippen molar-refractivity contribution >= 4 is 11.7 Å². The molecule has 2 aliphatic carbocycles. The summed E-state index contributed by atoms with van der Waals surface area (Å²) in [5.74, 6) is 5.32. The molecule has 2 saturated carbocycles. The lowest BCUT2D eigenvalue weighted by molar-refractivity contribution is -0.138. The Bertz CT molecular complexity index is 507. The molecule has 0 aromatic carbocycles. The number of carboxylic acid groups (broad SMARTS) is 1. The van der Waals surface area contributed by atoms with Crippen molar-refractivity contribution in [1.29, 1.82) is 0 Å². The molecule has 0 amide bonds. The molecule has 6 nitrogen and oxygen atoms in total. The van der Waals surface area contributed by atoms with Crippen molar-refractivity contribution in [2.75, 3.05) is 6.61 Å². The van der Waals surface area contributed by atoms with Crippen LogP contribution in [0.1, 0.15) is 45.4 Å². The molecule has 2 aliphatic rings. The van der Waals surface area contributed by atoms with E-state index >= 15 is 0 Å². The molecule has 0 aromatic rings. The zero-order valence-electron chi connectivity index (χ0n) is 13.4. The Morgan fingerprint density at radius 2 is 2.30 bits per heavy atom. The van der Waals surface area contributed by atoms with Gasteiger partial charge in [0.25, 0.3) is 0 Å². The second kappa shape index (κ2) is 8.32. The third-order valence-electron chi connectivity index (χ3n) is 4.60. The second-order valence-corrected chi connectivity index (χ2v) is 6.31. The number of hydrogen-bond acceptors (Lipinski definition) is 5. The lowest BCUT2D eigenvalue weighted by atomic mass is 9.71. The average molecular weight is 323 g/mol. The predicted octanol–water partition coefficient (Wildman–Crippen LogP) is 1.41. The molecule has 2 rings (SSSR count). The Hall–Kier alpha value is -1.58. The number of aliphatic carboxylic acids is 1. The molecule has 128 valence electrons. The van der Waals surface area contributed by atoms with E-state index in [1.165, 1.54) is 0 Å². The van der Waals surface area contributed by atoms with E-state index in [2.05, 4.69) is 23.9 Å². The van der Waals surface area contributed by atoms with Gasteiger partial charge in [0.1, 0.15) is 12.7 Å². The van der Waals surface area contributed by atoms with Crippen molar-refractivity contribution in [3.05, 3.63) is 0 Å². The summed E-state index contributed by atoms with van der Waals surface area (Å²) < 4.78 is 0. The lowest BCUT2D eigenvalue weighted by Crippen LogP contribution is -2.36. The van der Waals surface area contributed by atoms with Crippen molar-refractivity contribution in [1.82, 2.24) is 0 Å². The molecule has 23 heavy (non-hydrogen) atoms. The van der Waals surface area contributed by atoms with Crippen LogP contribution in [0.4, 0.5) is 0 Å². The largest absolute Gasteiger partial charge is 0.481 e. The highest BCUT2D eigenvalue weighted by molar-refractivity contribution is 5.93. The normalized spacial score (nSPS) is 31.7. The smallest absolute Gasteiger partial charge is 0.306 e. The van der Waals surface area contributed by atoms with E-state index in [1.54, 1.807) is 0 Å². The first-order valence-electron chi connectivity index (χ1n) is 8.30. The molecule has 3 N–H and O–H groups in total. The number of rotatable bonds is 7. The minimum absolute atomic E-state index is 0.0611. The molecule has 5 atom stereocenters. The number of aliphatic hydroxyl groups is 2. The van der Waals surface area contributed by atoms with E-state index in [0.29, 0.717) is 12.8 Å². The maximum absolute atomic E-state index is 10.4. The number of carboxylic acids is 1. The number of oxime groups is 1. The van der Waals surface area contributed by atoms with Crippen LogP contribution in [-0.2, 0) is 9.63 Å². The summed E-state index contributed by atoms with van der Waals surface area (Å²) in [6.07, 6.45) is 2.78. The highest BCUT2D eigenvalue weighted by Gasteiger charge is 2.51. The topological polar surface area (TPSA) is 99.4 Å². The van der Waals surface area contributed by atoms with Crippen molar-refractivity contribution in [2.45, 2.75) is 57.7 Å². The Morgan fingerprint density at radius 1 is 1.52 bits per heavy atom. The van der Waals surface area contributed by atoms with Gasteiger partial charge < -0.3 is 20.2 Å². The van der Waals surface area contributed by atoms with Gasteiger partial charge in [0.15, 0.2) is 0 Å². The summed E-state index contributed by atoms with van der Waals surface area (Å²) >= 11 is 0. The van der Waals surface area contributed by atoms with Crippen LogP contribution in [0.15, 0.2) is 5.16 Å². The third kappa shape index (κ3) is 4.69. The van der Waals surface area contributed by atoms with Crippen molar-refractivity contribution in [3.63, 3.8) is 0 Å². The first-order chi connectivity index (χ1) is 11.0. The standard InChI is InChI=1S/C17H25NO5/c1-2-3-4-11(19)5-6-12-13-9-15(14(13)10-16(12)20)18-23-8-7-17(21)22/h11-14,16,19-20H,2-4,7-10H2,1H3,(H,21,22). The molecular weight excluding hydrogens is 298 g/mol. The van der Waals surface area contributed by atoms with Crippen molar-refractivity contribution in [2.24, 2.45) is 22.9 Å². The number of aliphatic hydroxyl groups excluding tert-OH is 2. The zero-order chi connectivity index (χ0) is 16.8. The van der Waals surface area contributed by atoms with E-state index in [0.717, 1.165) is 25.0 Å². The van der Waals surface area contributed by atoms with Crippen LogP contribution < -0.4 is 0 Å². The van der Waals surface area contributed by atoms with E-state index in [-0.39, 0.29) is 30.8 Å². The van der Waals surface area contributed by atoms with Gasteiger partial charge in [-0.2, -0.15) is 0 Å². The predicted molar refractivity (Wildman–Crippen MR) is 84.7 cm³/mol. The van der Waals surface area contributed by atoms with Crippen LogP contribution in [0.25, 0.3) is 0 Å². The van der Waals surface area contributed by atoms with Gasteiger partial charge in [-0.15, -0.1) is 0 Å². The number of fused-ring (bicyclic) bond motifs is 1. The summed E-state index contributed by atoms with van der Waals surface area (Å²) in [6, 6.07) is 0. The number of carbonyl (C=O) groups is 1. The van der Waals surface area contributed by atoms with Gasteiger partial charge in [0.05, 0.1) is 24.2 Å². The Labute approximate surface area is 136 Å². The van der Waals surface area contributed by atoms with Crippen LogP contribution >= 0.6 is 0 Å². The minimum atomic E-state index is -0.912. The Kier molecular flexibility index (Phi) is 6.43. The summed E-state index contributed by atoms with van der Waals surface area (Å²) in [5.41, 5.74) is 0.885. The van der Waals surface area contributed by atoms with Gasteiger partial charge in [0, 0.05) is 5.92 Å². The fourth-order valence-electron chi connectivity index (χ4n) is 3.23. The molecule has 6 heteroatoms. The molecule has 0 bridgehead atoms. The molecule has 0 saturated heterocycles. The molecule has 5 unspecified atom stereocenters. The van der Waals surface area contributed by atoms with E-state index in [9.17, 15) is 15.0 Å². The monoisotopic (exact) mass is 323 g/mol.